The van der Waals surface area contributed by atoms with Crippen molar-refractivity contribution in [3.63, 3.8) is 0 Å². The van der Waals surface area contributed by atoms with Crippen LogP contribution in [0, 0.1) is 6.92 Å². The summed E-state index contributed by atoms with van der Waals surface area (Å²) in [5.41, 5.74) is 1.82. The molecule has 1 N–H and O–H groups in total. The Hall–Kier alpha value is -2.30. The summed E-state index contributed by atoms with van der Waals surface area (Å²) < 4.78 is 5.21. The zero-order valence-electron chi connectivity index (χ0n) is 12.1. The van der Waals surface area contributed by atoms with Crippen LogP contribution in [0.5, 0.6) is 5.75 Å². The Morgan fingerprint density at radius 2 is 2.05 bits per heavy atom. The van der Waals surface area contributed by atoms with E-state index in [0.29, 0.717) is 5.75 Å². The molecule has 1 aromatic rings. The SMILES string of the molecule is COc1ccc(C)cc1C=CC(=O)N(C)C(C)C(=O)O. The van der Waals surface area contributed by atoms with E-state index < -0.39 is 12.0 Å². The van der Waals surface area contributed by atoms with Gasteiger partial charge >= 0.3 is 5.97 Å². The van der Waals surface area contributed by atoms with E-state index in [-0.39, 0.29) is 5.91 Å². The van der Waals surface area contributed by atoms with Crippen LogP contribution in [0.3, 0.4) is 0 Å². The topological polar surface area (TPSA) is 66.8 Å². The van der Waals surface area contributed by atoms with Crippen molar-refractivity contribution in [1.29, 1.82) is 0 Å². The molecule has 1 aromatic carbocycles. The first-order valence-electron chi connectivity index (χ1n) is 6.19. The van der Waals surface area contributed by atoms with E-state index in [0.717, 1.165) is 11.1 Å². The van der Waals surface area contributed by atoms with E-state index in [9.17, 15) is 9.59 Å². The molecule has 0 heterocycles. The van der Waals surface area contributed by atoms with Gasteiger partial charge < -0.3 is 14.7 Å². The molecule has 0 fully saturated rings. The van der Waals surface area contributed by atoms with Crippen molar-refractivity contribution in [1.82, 2.24) is 4.90 Å². The fourth-order valence-electron chi connectivity index (χ4n) is 1.62. The number of carbonyl (C=O) groups is 2. The second kappa shape index (κ2) is 6.75. The number of hydrogen-bond acceptors (Lipinski definition) is 3. The van der Waals surface area contributed by atoms with E-state index in [2.05, 4.69) is 0 Å². The maximum absolute atomic E-state index is 11.9. The summed E-state index contributed by atoms with van der Waals surface area (Å²) in [7, 11) is 3.02. The van der Waals surface area contributed by atoms with E-state index in [1.807, 2.05) is 25.1 Å². The number of likely N-dealkylation sites (N-methyl/N-ethyl adjacent to an activating group) is 1. The number of rotatable bonds is 5. The molecule has 0 aliphatic heterocycles. The van der Waals surface area contributed by atoms with E-state index >= 15 is 0 Å². The summed E-state index contributed by atoms with van der Waals surface area (Å²) >= 11 is 0. The fraction of sp³-hybridized carbons (Fsp3) is 0.333. The summed E-state index contributed by atoms with van der Waals surface area (Å²) in [6.45, 7) is 3.40. The number of hydrogen-bond donors (Lipinski definition) is 1. The minimum Gasteiger partial charge on any atom is -0.496 e. The molecule has 0 bridgehead atoms. The van der Waals surface area contributed by atoms with Gasteiger partial charge in [-0.1, -0.05) is 11.6 Å². The van der Waals surface area contributed by atoms with Crippen molar-refractivity contribution in [2.75, 3.05) is 14.2 Å². The van der Waals surface area contributed by atoms with Crippen molar-refractivity contribution in [3.8, 4) is 5.75 Å². The molecule has 1 atom stereocenters. The number of aryl methyl sites for hydroxylation is 1. The molecule has 0 aliphatic rings. The third-order valence-electron chi connectivity index (χ3n) is 3.08. The highest BCUT2D eigenvalue weighted by molar-refractivity contribution is 5.94. The normalized spacial score (nSPS) is 12.2. The molecule has 108 valence electrons. The number of aliphatic carboxylic acids is 1. The minimum atomic E-state index is -1.04. The Bertz CT molecular complexity index is 537. The molecular formula is C15H19NO4. The van der Waals surface area contributed by atoms with E-state index in [1.54, 1.807) is 13.2 Å². The first-order chi connectivity index (χ1) is 9.36. The molecule has 1 amide bonds. The Labute approximate surface area is 118 Å². The molecule has 0 radical (unpaired) electrons. The predicted octanol–water partition coefficient (Wildman–Crippen LogP) is 1.95. The third kappa shape index (κ3) is 3.85. The number of methoxy groups -OCH3 is 1. The highest BCUT2D eigenvalue weighted by Gasteiger charge is 2.19. The predicted molar refractivity (Wildman–Crippen MR) is 76.6 cm³/mol. The summed E-state index contributed by atoms with van der Waals surface area (Å²) in [5, 5.41) is 8.87. The summed E-state index contributed by atoms with van der Waals surface area (Å²) in [5.74, 6) is -0.751. The highest BCUT2D eigenvalue weighted by Crippen LogP contribution is 2.21. The monoisotopic (exact) mass is 277 g/mol. The second-order valence-electron chi connectivity index (χ2n) is 4.54. The number of benzene rings is 1. The lowest BCUT2D eigenvalue weighted by molar-refractivity contribution is -0.146. The standard InChI is InChI=1S/C15H19NO4/c1-10-5-7-13(20-4)12(9-10)6-8-14(17)16(3)11(2)15(18)19/h5-9,11H,1-4H3,(H,18,19). The first kappa shape index (κ1) is 15.8. The highest BCUT2D eigenvalue weighted by atomic mass is 16.5. The molecule has 1 unspecified atom stereocenters. The van der Waals surface area contributed by atoms with Gasteiger partial charge in [0.25, 0.3) is 0 Å². The van der Waals surface area contributed by atoms with Gasteiger partial charge in [0.1, 0.15) is 11.8 Å². The molecule has 1 rings (SSSR count). The van der Waals surface area contributed by atoms with Crippen molar-refractivity contribution in [3.05, 3.63) is 35.4 Å². The van der Waals surface area contributed by atoms with Crippen LogP contribution >= 0.6 is 0 Å². The Morgan fingerprint density at radius 3 is 2.60 bits per heavy atom. The van der Waals surface area contributed by atoms with Crippen molar-refractivity contribution in [2.45, 2.75) is 19.9 Å². The maximum Gasteiger partial charge on any atom is 0.326 e. The van der Waals surface area contributed by atoms with Gasteiger partial charge in [0, 0.05) is 18.7 Å². The van der Waals surface area contributed by atoms with Crippen LogP contribution in [0.4, 0.5) is 0 Å². The zero-order chi connectivity index (χ0) is 15.3. The van der Waals surface area contributed by atoms with Crippen LogP contribution in [-0.4, -0.2) is 42.1 Å². The number of nitrogens with zero attached hydrogens (tertiary/aromatic N) is 1. The van der Waals surface area contributed by atoms with Gasteiger partial charge in [-0.15, -0.1) is 0 Å². The molecule has 20 heavy (non-hydrogen) atoms. The number of carboxylic acid groups (broad SMARTS) is 1. The second-order valence-corrected chi connectivity index (χ2v) is 4.54. The van der Waals surface area contributed by atoms with Crippen LogP contribution in [0.2, 0.25) is 0 Å². The van der Waals surface area contributed by atoms with Crippen LogP contribution in [0.15, 0.2) is 24.3 Å². The summed E-state index contributed by atoms with van der Waals surface area (Å²) in [6.07, 6.45) is 2.97. The van der Waals surface area contributed by atoms with Crippen LogP contribution in [0.1, 0.15) is 18.1 Å². The zero-order valence-corrected chi connectivity index (χ0v) is 12.1. The van der Waals surface area contributed by atoms with Gasteiger partial charge in [-0.3, -0.25) is 4.79 Å². The number of ether oxygens (including phenoxy) is 1. The smallest absolute Gasteiger partial charge is 0.326 e. The average molecular weight is 277 g/mol. The lowest BCUT2D eigenvalue weighted by Crippen LogP contribution is -2.39. The van der Waals surface area contributed by atoms with Gasteiger partial charge in [0.15, 0.2) is 0 Å². The van der Waals surface area contributed by atoms with Gasteiger partial charge in [0.05, 0.1) is 7.11 Å². The lowest BCUT2D eigenvalue weighted by atomic mass is 10.1. The van der Waals surface area contributed by atoms with Crippen molar-refractivity contribution < 1.29 is 19.4 Å². The van der Waals surface area contributed by atoms with Crippen LogP contribution < -0.4 is 4.74 Å². The van der Waals surface area contributed by atoms with Crippen molar-refractivity contribution >= 4 is 18.0 Å². The Balaban J connectivity index is 2.90. The fourth-order valence-corrected chi connectivity index (χ4v) is 1.62. The van der Waals surface area contributed by atoms with Gasteiger partial charge in [0.2, 0.25) is 5.91 Å². The van der Waals surface area contributed by atoms with Crippen LogP contribution in [-0.2, 0) is 9.59 Å². The minimum absolute atomic E-state index is 0.372. The third-order valence-corrected chi connectivity index (χ3v) is 3.08. The molecule has 0 saturated carbocycles. The van der Waals surface area contributed by atoms with Gasteiger partial charge in [-0.05, 0) is 32.1 Å². The van der Waals surface area contributed by atoms with Gasteiger partial charge in [-0.2, -0.15) is 0 Å². The van der Waals surface area contributed by atoms with E-state index in [4.69, 9.17) is 9.84 Å². The van der Waals surface area contributed by atoms with Crippen molar-refractivity contribution in [2.24, 2.45) is 0 Å². The molecule has 5 nitrogen and oxygen atoms in total. The maximum atomic E-state index is 11.9. The van der Waals surface area contributed by atoms with Gasteiger partial charge in [-0.25, -0.2) is 4.79 Å². The van der Waals surface area contributed by atoms with E-state index in [1.165, 1.54) is 24.9 Å². The average Bonchev–Trinajstić information content (AvgIpc) is 2.43. The molecule has 0 saturated heterocycles. The largest absolute Gasteiger partial charge is 0.496 e. The summed E-state index contributed by atoms with van der Waals surface area (Å²) in [4.78, 5) is 23.9. The lowest BCUT2D eigenvalue weighted by Gasteiger charge is -2.19. The molecule has 0 aliphatic carbocycles. The Morgan fingerprint density at radius 1 is 1.40 bits per heavy atom. The number of carboxylic acids is 1. The number of amides is 1. The molecule has 5 heteroatoms. The number of carbonyl (C=O) groups excluding carboxylic acids is 1. The molecule has 0 aromatic heterocycles. The molecule has 0 spiro atoms. The summed E-state index contributed by atoms with van der Waals surface area (Å²) in [6, 6.07) is 4.76. The first-order valence-corrected chi connectivity index (χ1v) is 6.19. The van der Waals surface area contributed by atoms with Crippen LogP contribution in [0.25, 0.3) is 6.08 Å². The quantitative estimate of drug-likeness (QED) is 0.835. The Kier molecular flexibility index (Phi) is 5.32. The molecular weight excluding hydrogens is 258 g/mol.